The molecular formula is C15H30N2. The zero-order valence-electron chi connectivity index (χ0n) is 11.6. The Labute approximate surface area is 107 Å². The van der Waals surface area contributed by atoms with Gasteiger partial charge >= 0.3 is 0 Å². The van der Waals surface area contributed by atoms with Gasteiger partial charge in [-0.15, -0.1) is 0 Å². The van der Waals surface area contributed by atoms with E-state index in [-0.39, 0.29) is 0 Å². The molecular weight excluding hydrogens is 208 g/mol. The van der Waals surface area contributed by atoms with Crippen LogP contribution in [-0.4, -0.2) is 37.6 Å². The van der Waals surface area contributed by atoms with Gasteiger partial charge in [-0.25, -0.2) is 0 Å². The summed E-state index contributed by atoms with van der Waals surface area (Å²) in [4.78, 5) is 2.76. The molecule has 0 aromatic rings. The van der Waals surface area contributed by atoms with E-state index in [1.165, 1.54) is 77.7 Å². The number of nitrogens with one attached hydrogen (secondary N) is 1. The first-order valence-corrected chi connectivity index (χ1v) is 7.81. The van der Waals surface area contributed by atoms with E-state index < -0.39 is 0 Å². The lowest BCUT2D eigenvalue weighted by Gasteiger charge is -2.22. The minimum Gasteiger partial charge on any atom is -0.317 e. The highest BCUT2D eigenvalue weighted by Gasteiger charge is 2.28. The molecule has 1 N–H and O–H groups in total. The Kier molecular flexibility index (Phi) is 5.79. The summed E-state index contributed by atoms with van der Waals surface area (Å²) in [6.07, 6.45) is 9.99. The molecule has 0 aromatic carbocycles. The van der Waals surface area contributed by atoms with Crippen LogP contribution in [0, 0.1) is 11.8 Å². The summed E-state index contributed by atoms with van der Waals surface area (Å²) < 4.78 is 0. The normalized spacial score (nSPS) is 20.1. The van der Waals surface area contributed by atoms with Crippen molar-refractivity contribution in [2.45, 2.75) is 51.9 Å². The number of unbranched alkanes of at least 4 members (excludes halogenated alkanes) is 1. The van der Waals surface area contributed by atoms with Crippen molar-refractivity contribution in [2.75, 3.05) is 32.7 Å². The van der Waals surface area contributed by atoms with Crippen LogP contribution in [-0.2, 0) is 0 Å². The topological polar surface area (TPSA) is 15.3 Å². The molecule has 0 heterocycles. The number of hydrogen-bond donors (Lipinski definition) is 1. The summed E-state index contributed by atoms with van der Waals surface area (Å²) in [7, 11) is 0. The Morgan fingerprint density at radius 2 is 1.59 bits per heavy atom. The molecule has 0 aromatic heterocycles. The van der Waals surface area contributed by atoms with Crippen molar-refractivity contribution in [3.05, 3.63) is 0 Å². The zero-order valence-corrected chi connectivity index (χ0v) is 11.6. The third kappa shape index (κ3) is 6.42. The molecule has 100 valence electrons. The predicted molar refractivity (Wildman–Crippen MR) is 74.3 cm³/mol. The Bertz CT molecular complexity index is 183. The van der Waals surface area contributed by atoms with E-state index >= 15 is 0 Å². The maximum Gasteiger partial charge on any atom is 0.000978 e. The van der Waals surface area contributed by atoms with Gasteiger partial charge in [-0.3, -0.25) is 0 Å². The lowest BCUT2D eigenvalue weighted by molar-refractivity contribution is 0.247. The second-order valence-corrected chi connectivity index (χ2v) is 6.10. The molecule has 2 nitrogen and oxygen atoms in total. The summed E-state index contributed by atoms with van der Waals surface area (Å²) >= 11 is 0. The minimum absolute atomic E-state index is 1.06. The van der Waals surface area contributed by atoms with Crippen LogP contribution in [0.25, 0.3) is 0 Å². The molecule has 2 rings (SSSR count). The summed E-state index contributed by atoms with van der Waals surface area (Å²) in [5.74, 6) is 2.12. The lowest BCUT2D eigenvalue weighted by atomic mass is 10.2. The van der Waals surface area contributed by atoms with Crippen LogP contribution in [0.4, 0.5) is 0 Å². The number of nitrogens with zero attached hydrogens (tertiary/aromatic N) is 1. The van der Waals surface area contributed by atoms with Crippen LogP contribution in [0.2, 0.25) is 0 Å². The van der Waals surface area contributed by atoms with Gasteiger partial charge in [0.05, 0.1) is 0 Å². The highest BCUT2D eigenvalue weighted by Crippen LogP contribution is 2.33. The van der Waals surface area contributed by atoms with Crippen molar-refractivity contribution in [2.24, 2.45) is 11.8 Å². The average molecular weight is 238 g/mol. The van der Waals surface area contributed by atoms with E-state index in [9.17, 15) is 0 Å². The van der Waals surface area contributed by atoms with Crippen molar-refractivity contribution in [3.63, 3.8) is 0 Å². The van der Waals surface area contributed by atoms with Crippen molar-refractivity contribution >= 4 is 0 Å². The molecule has 0 bridgehead atoms. The van der Waals surface area contributed by atoms with E-state index in [0.717, 1.165) is 11.8 Å². The fraction of sp³-hybridized carbons (Fsp3) is 1.00. The molecule has 0 saturated heterocycles. The SMILES string of the molecule is CCCNCCCCN(CC1CC1)CC1CC1. The van der Waals surface area contributed by atoms with Gasteiger partial charge in [0, 0.05) is 13.1 Å². The molecule has 0 spiro atoms. The van der Waals surface area contributed by atoms with Gasteiger partial charge in [0.2, 0.25) is 0 Å². The van der Waals surface area contributed by atoms with Crippen molar-refractivity contribution in [3.8, 4) is 0 Å². The molecule has 17 heavy (non-hydrogen) atoms. The Hall–Kier alpha value is -0.0800. The van der Waals surface area contributed by atoms with Crippen LogP contribution in [0.3, 0.4) is 0 Å². The van der Waals surface area contributed by atoms with E-state index in [1.54, 1.807) is 0 Å². The van der Waals surface area contributed by atoms with Crippen LogP contribution in [0.5, 0.6) is 0 Å². The highest BCUT2D eigenvalue weighted by atomic mass is 15.1. The standard InChI is InChI=1S/C15H30N2/c1-2-9-16-10-3-4-11-17(12-14-5-6-14)13-15-7-8-15/h14-16H,2-13H2,1H3. The fourth-order valence-electron chi connectivity index (χ4n) is 2.48. The van der Waals surface area contributed by atoms with E-state index in [2.05, 4.69) is 17.1 Å². The number of hydrogen-bond acceptors (Lipinski definition) is 2. The third-order valence-corrected chi connectivity index (χ3v) is 3.93. The predicted octanol–water partition coefficient (Wildman–Crippen LogP) is 2.89. The Morgan fingerprint density at radius 1 is 0.941 bits per heavy atom. The first-order valence-electron chi connectivity index (χ1n) is 7.81. The Balaban J connectivity index is 1.49. The minimum atomic E-state index is 1.06. The average Bonchev–Trinajstić information content (AvgIpc) is 3.18. The number of rotatable bonds is 11. The quantitative estimate of drug-likeness (QED) is 0.557. The molecule has 0 aliphatic heterocycles. The first kappa shape index (κ1) is 13.4. The monoisotopic (exact) mass is 238 g/mol. The van der Waals surface area contributed by atoms with Gasteiger partial charge < -0.3 is 10.2 Å². The summed E-state index contributed by atoms with van der Waals surface area (Å²) in [5.41, 5.74) is 0. The lowest BCUT2D eigenvalue weighted by Crippen LogP contribution is -2.30. The van der Waals surface area contributed by atoms with Gasteiger partial charge in [0.1, 0.15) is 0 Å². The smallest absolute Gasteiger partial charge is 0.000978 e. The zero-order chi connectivity index (χ0) is 11.9. The van der Waals surface area contributed by atoms with Crippen molar-refractivity contribution in [1.82, 2.24) is 10.2 Å². The molecule has 0 atom stereocenters. The highest BCUT2D eigenvalue weighted by molar-refractivity contribution is 4.82. The molecule has 0 unspecified atom stereocenters. The fourth-order valence-corrected chi connectivity index (χ4v) is 2.48. The van der Waals surface area contributed by atoms with Crippen LogP contribution in [0.1, 0.15) is 51.9 Å². The third-order valence-electron chi connectivity index (χ3n) is 3.93. The van der Waals surface area contributed by atoms with E-state index in [0.29, 0.717) is 0 Å². The maximum atomic E-state index is 3.50. The van der Waals surface area contributed by atoms with Gasteiger partial charge in [0.25, 0.3) is 0 Å². The molecule has 0 amide bonds. The van der Waals surface area contributed by atoms with Crippen LogP contribution >= 0.6 is 0 Å². The molecule has 2 saturated carbocycles. The van der Waals surface area contributed by atoms with Gasteiger partial charge in [-0.1, -0.05) is 6.92 Å². The molecule has 2 aliphatic carbocycles. The van der Waals surface area contributed by atoms with E-state index in [4.69, 9.17) is 0 Å². The van der Waals surface area contributed by atoms with Crippen molar-refractivity contribution in [1.29, 1.82) is 0 Å². The van der Waals surface area contributed by atoms with Gasteiger partial charge in [-0.05, 0) is 76.4 Å². The maximum absolute atomic E-state index is 3.50. The van der Waals surface area contributed by atoms with Gasteiger partial charge in [0.15, 0.2) is 0 Å². The van der Waals surface area contributed by atoms with Crippen LogP contribution in [0.15, 0.2) is 0 Å². The second kappa shape index (κ2) is 7.38. The van der Waals surface area contributed by atoms with Crippen LogP contribution < -0.4 is 5.32 Å². The molecule has 2 fully saturated rings. The first-order chi connectivity index (χ1) is 8.38. The molecule has 2 heteroatoms. The summed E-state index contributed by atoms with van der Waals surface area (Å²) in [6, 6.07) is 0. The van der Waals surface area contributed by atoms with Crippen molar-refractivity contribution < 1.29 is 0 Å². The largest absolute Gasteiger partial charge is 0.317 e. The molecule has 0 radical (unpaired) electrons. The van der Waals surface area contributed by atoms with E-state index in [1.807, 2.05) is 0 Å². The summed E-state index contributed by atoms with van der Waals surface area (Å²) in [6.45, 7) is 8.79. The summed E-state index contributed by atoms with van der Waals surface area (Å²) in [5, 5.41) is 3.50. The Morgan fingerprint density at radius 3 is 2.12 bits per heavy atom. The second-order valence-electron chi connectivity index (χ2n) is 6.10. The van der Waals surface area contributed by atoms with Gasteiger partial charge in [-0.2, -0.15) is 0 Å². The molecule has 2 aliphatic rings.